The minimum Gasteiger partial charge on any atom is -0.351 e. The smallest absolute Gasteiger partial charge is 0.222 e. The minimum atomic E-state index is -0.216. The van der Waals surface area contributed by atoms with Gasteiger partial charge in [-0.1, -0.05) is 15.9 Å². The maximum absolute atomic E-state index is 12.0. The number of aryl methyl sites for hydroxylation is 1. The summed E-state index contributed by atoms with van der Waals surface area (Å²) in [6.45, 7) is 6.48. The van der Waals surface area contributed by atoms with Crippen LogP contribution in [0.1, 0.15) is 33.0 Å². The van der Waals surface area contributed by atoms with Gasteiger partial charge in [-0.3, -0.25) is 4.79 Å². The summed E-state index contributed by atoms with van der Waals surface area (Å²) in [4.78, 5) is 16.5. The highest BCUT2D eigenvalue weighted by Crippen LogP contribution is 2.22. The Hall–Kier alpha value is -1.07. The normalized spacial score (nSPS) is 11.9. The van der Waals surface area contributed by atoms with Crippen molar-refractivity contribution in [2.75, 3.05) is 0 Å². The van der Waals surface area contributed by atoms with Gasteiger partial charge < -0.3 is 9.88 Å². The van der Waals surface area contributed by atoms with Crippen molar-refractivity contribution in [2.45, 2.75) is 45.2 Å². The number of fused-ring (bicyclic) bond motifs is 1. The van der Waals surface area contributed by atoms with Gasteiger partial charge in [0.1, 0.15) is 5.82 Å². The number of hydrogen-bond acceptors (Lipinski definition) is 2. The van der Waals surface area contributed by atoms with Gasteiger partial charge in [-0.25, -0.2) is 4.98 Å². The van der Waals surface area contributed by atoms with Gasteiger partial charge in [0, 0.05) is 23.0 Å². The highest BCUT2D eigenvalue weighted by Gasteiger charge is 2.15. The Labute approximate surface area is 138 Å². The van der Waals surface area contributed by atoms with E-state index < -0.39 is 0 Å². The Morgan fingerprint density at radius 2 is 2.14 bits per heavy atom. The van der Waals surface area contributed by atoms with Gasteiger partial charge in [0.2, 0.25) is 5.91 Å². The molecule has 0 unspecified atom stereocenters. The number of aromatic nitrogens is 2. The van der Waals surface area contributed by atoms with E-state index in [0.29, 0.717) is 18.8 Å². The molecule has 4 nitrogen and oxygen atoms in total. The van der Waals surface area contributed by atoms with Crippen molar-refractivity contribution in [2.24, 2.45) is 0 Å². The predicted octanol–water partition coefficient (Wildman–Crippen LogP) is 3.84. The second-order valence-electron chi connectivity index (χ2n) is 5.99. The number of nitrogens with one attached hydrogen (secondary N) is 1. The molecular weight excluding hydrogens is 354 g/mol. The maximum atomic E-state index is 12.0. The first-order valence-corrected chi connectivity index (χ1v) is 8.14. The van der Waals surface area contributed by atoms with E-state index in [1.54, 1.807) is 0 Å². The van der Waals surface area contributed by atoms with Crippen LogP contribution in [0.25, 0.3) is 11.0 Å². The van der Waals surface area contributed by atoms with Crippen LogP contribution in [-0.4, -0.2) is 21.0 Å². The van der Waals surface area contributed by atoms with Crippen molar-refractivity contribution in [3.63, 3.8) is 0 Å². The van der Waals surface area contributed by atoms with Gasteiger partial charge >= 0.3 is 0 Å². The molecule has 0 aliphatic carbocycles. The molecule has 6 heteroatoms. The summed E-state index contributed by atoms with van der Waals surface area (Å²) in [7, 11) is 0. The lowest BCUT2D eigenvalue weighted by Crippen LogP contribution is -2.40. The first kappa shape index (κ1) is 16.3. The number of hydrogen-bond donors (Lipinski definition) is 1. The Morgan fingerprint density at radius 1 is 1.43 bits per heavy atom. The van der Waals surface area contributed by atoms with Crippen LogP contribution in [0.4, 0.5) is 0 Å². The number of carbonyl (C=O) groups excluding carboxylic acids is 1. The van der Waals surface area contributed by atoms with Gasteiger partial charge in [-0.15, -0.1) is 11.6 Å². The highest BCUT2D eigenvalue weighted by molar-refractivity contribution is 9.10. The van der Waals surface area contributed by atoms with E-state index in [2.05, 4.69) is 26.2 Å². The van der Waals surface area contributed by atoms with Crippen molar-refractivity contribution >= 4 is 44.5 Å². The quantitative estimate of drug-likeness (QED) is 0.829. The summed E-state index contributed by atoms with van der Waals surface area (Å²) in [5.74, 6) is 1.14. The van der Waals surface area contributed by atoms with Crippen LogP contribution < -0.4 is 5.32 Å². The molecule has 114 valence electrons. The van der Waals surface area contributed by atoms with Crippen LogP contribution >= 0.6 is 27.5 Å². The van der Waals surface area contributed by atoms with Gasteiger partial charge in [0.15, 0.2) is 0 Å². The number of benzene rings is 1. The third kappa shape index (κ3) is 4.20. The van der Waals surface area contributed by atoms with E-state index in [4.69, 9.17) is 11.6 Å². The second kappa shape index (κ2) is 6.36. The van der Waals surface area contributed by atoms with Crippen LogP contribution in [0.2, 0.25) is 0 Å². The number of amides is 1. The van der Waals surface area contributed by atoms with Crippen molar-refractivity contribution in [3.8, 4) is 0 Å². The monoisotopic (exact) mass is 371 g/mol. The molecule has 0 spiro atoms. The molecule has 1 N–H and O–H groups in total. The van der Waals surface area contributed by atoms with Crippen molar-refractivity contribution in [1.82, 2.24) is 14.9 Å². The largest absolute Gasteiger partial charge is 0.351 e. The van der Waals surface area contributed by atoms with E-state index in [0.717, 1.165) is 21.3 Å². The second-order valence-corrected chi connectivity index (χ2v) is 7.18. The van der Waals surface area contributed by atoms with E-state index in [1.165, 1.54) is 0 Å². The summed E-state index contributed by atoms with van der Waals surface area (Å²) in [6.07, 6.45) is 0.402. The molecule has 1 heterocycles. The maximum Gasteiger partial charge on any atom is 0.222 e. The molecule has 2 aromatic rings. The lowest BCUT2D eigenvalue weighted by atomic mass is 10.1. The van der Waals surface area contributed by atoms with Crippen molar-refractivity contribution < 1.29 is 4.79 Å². The fraction of sp³-hybridized carbons (Fsp3) is 0.467. The van der Waals surface area contributed by atoms with Crippen LogP contribution in [0.5, 0.6) is 0 Å². The van der Waals surface area contributed by atoms with Crippen LogP contribution in [-0.2, 0) is 17.2 Å². The lowest BCUT2D eigenvalue weighted by Gasteiger charge is -2.20. The molecular formula is C15H19BrClN3O. The van der Waals surface area contributed by atoms with E-state index >= 15 is 0 Å². The van der Waals surface area contributed by atoms with Gasteiger partial charge in [-0.2, -0.15) is 0 Å². The van der Waals surface area contributed by atoms with Crippen LogP contribution in [0.15, 0.2) is 22.7 Å². The summed E-state index contributed by atoms with van der Waals surface area (Å²) in [6, 6.07) is 5.89. The van der Waals surface area contributed by atoms with Gasteiger partial charge in [-0.05, 0) is 39.0 Å². The Balaban J connectivity index is 2.21. The third-order valence-corrected chi connectivity index (χ3v) is 3.72. The number of rotatable bonds is 4. The third-order valence-electron chi connectivity index (χ3n) is 2.99. The number of halogens is 2. The van der Waals surface area contributed by atoms with Gasteiger partial charge in [0.05, 0.1) is 16.9 Å². The molecule has 0 bridgehead atoms. The summed E-state index contributed by atoms with van der Waals surface area (Å²) in [5, 5.41) is 2.96. The van der Waals surface area contributed by atoms with Crippen molar-refractivity contribution in [3.05, 3.63) is 28.5 Å². The molecule has 21 heavy (non-hydrogen) atoms. The lowest BCUT2D eigenvalue weighted by molar-refractivity contribution is -0.122. The van der Waals surface area contributed by atoms with E-state index in [1.807, 2.05) is 43.5 Å². The van der Waals surface area contributed by atoms with E-state index in [-0.39, 0.29) is 11.4 Å². The van der Waals surface area contributed by atoms with Crippen LogP contribution in [0, 0.1) is 0 Å². The highest BCUT2D eigenvalue weighted by atomic mass is 79.9. The Morgan fingerprint density at radius 3 is 2.76 bits per heavy atom. The molecule has 0 radical (unpaired) electrons. The zero-order valence-electron chi connectivity index (χ0n) is 12.4. The molecule has 0 aliphatic rings. The summed E-state index contributed by atoms with van der Waals surface area (Å²) in [5.41, 5.74) is 1.67. The molecule has 1 aromatic heterocycles. The number of carbonyl (C=O) groups is 1. The zero-order valence-corrected chi connectivity index (χ0v) is 14.8. The molecule has 0 aliphatic heterocycles. The first-order valence-electron chi connectivity index (χ1n) is 6.82. The summed E-state index contributed by atoms with van der Waals surface area (Å²) >= 11 is 9.43. The molecule has 0 atom stereocenters. The zero-order chi connectivity index (χ0) is 15.6. The Bertz CT molecular complexity index is 661. The van der Waals surface area contributed by atoms with Crippen LogP contribution in [0.3, 0.4) is 0 Å². The molecule has 1 amide bonds. The fourth-order valence-corrected chi connectivity index (χ4v) is 2.74. The molecule has 1 aromatic carbocycles. The van der Waals surface area contributed by atoms with Crippen molar-refractivity contribution in [1.29, 1.82) is 0 Å². The molecule has 0 saturated heterocycles. The average Bonchev–Trinajstić information content (AvgIpc) is 2.71. The molecule has 0 fully saturated rings. The number of imidazole rings is 1. The SMILES string of the molecule is CC(C)(C)NC(=O)CCn1c(CCl)nc2ccc(Br)cc21. The standard InChI is InChI=1S/C15H19BrClN3O/c1-15(2,3)19-14(21)6-7-20-12-8-10(16)4-5-11(12)18-13(20)9-17/h4-5,8H,6-7,9H2,1-3H3,(H,19,21). The number of alkyl halides is 1. The predicted molar refractivity (Wildman–Crippen MR) is 89.5 cm³/mol. The fourth-order valence-electron chi connectivity index (χ4n) is 2.19. The average molecular weight is 373 g/mol. The first-order chi connectivity index (χ1) is 9.80. The molecule has 0 saturated carbocycles. The minimum absolute atomic E-state index is 0.0277. The molecule has 2 rings (SSSR count). The number of nitrogens with zero attached hydrogens (tertiary/aromatic N) is 2. The summed E-state index contributed by atoms with van der Waals surface area (Å²) < 4.78 is 2.99. The van der Waals surface area contributed by atoms with E-state index in [9.17, 15) is 4.79 Å². The Kier molecular flexibility index (Phi) is 4.94. The van der Waals surface area contributed by atoms with Gasteiger partial charge in [0.25, 0.3) is 0 Å². The topological polar surface area (TPSA) is 46.9 Å².